The lowest BCUT2D eigenvalue weighted by Gasteiger charge is -2.06. The quantitative estimate of drug-likeness (QED) is 0.606. The van der Waals surface area contributed by atoms with E-state index < -0.39 is 10.9 Å². The zero-order valence-electron chi connectivity index (χ0n) is 11.1. The maximum absolute atomic E-state index is 11.0. The predicted octanol–water partition coefficient (Wildman–Crippen LogP) is 1.64. The first-order valence-corrected chi connectivity index (χ1v) is 6.02. The van der Waals surface area contributed by atoms with Crippen LogP contribution in [0.25, 0.3) is 0 Å². The van der Waals surface area contributed by atoms with Gasteiger partial charge >= 0.3 is 5.97 Å². The molecule has 0 aliphatic carbocycles. The third kappa shape index (κ3) is 3.53. The van der Waals surface area contributed by atoms with Gasteiger partial charge in [-0.2, -0.15) is 4.98 Å². The minimum atomic E-state index is -1.22. The zero-order chi connectivity index (χ0) is 15.4. The van der Waals surface area contributed by atoms with Crippen LogP contribution in [-0.4, -0.2) is 32.7 Å². The number of aryl methyl sites for hydroxylation is 1. The van der Waals surface area contributed by atoms with E-state index in [0.29, 0.717) is 24.7 Å². The Hall–Kier alpha value is -2.97. The van der Waals surface area contributed by atoms with E-state index in [-0.39, 0.29) is 16.9 Å². The molecule has 21 heavy (non-hydrogen) atoms. The van der Waals surface area contributed by atoms with Gasteiger partial charge in [0.05, 0.1) is 10.5 Å². The Morgan fingerprint density at radius 2 is 2.29 bits per heavy atom. The summed E-state index contributed by atoms with van der Waals surface area (Å²) in [6.45, 7) is 2.02. The number of carboxylic acid groups (broad SMARTS) is 1. The topological polar surface area (TPSA) is 131 Å². The third-order valence-electron chi connectivity index (χ3n) is 2.68. The van der Waals surface area contributed by atoms with Crippen LogP contribution in [-0.2, 0) is 6.42 Å². The fourth-order valence-corrected chi connectivity index (χ4v) is 1.72. The van der Waals surface area contributed by atoms with Crippen molar-refractivity contribution in [3.05, 3.63) is 45.6 Å². The second kappa shape index (κ2) is 5.99. The van der Waals surface area contributed by atoms with Crippen LogP contribution >= 0.6 is 0 Å². The summed E-state index contributed by atoms with van der Waals surface area (Å²) < 4.78 is 4.81. The molecule has 0 aliphatic heterocycles. The fourth-order valence-electron chi connectivity index (χ4n) is 1.72. The number of nitrogens with zero attached hydrogens (tertiary/aromatic N) is 3. The smallest absolute Gasteiger partial charge is 0.335 e. The zero-order valence-corrected chi connectivity index (χ0v) is 11.1. The van der Waals surface area contributed by atoms with Crippen molar-refractivity contribution < 1.29 is 19.3 Å². The summed E-state index contributed by atoms with van der Waals surface area (Å²) >= 11 is 0. The van der Waals surface area contributed by atoms with Crippen LogP contribution in [0.15, 0.2) is 22.7 Å². The van der Waals surface area contributed by atoms with Gasteiger partial charge in [0.1, 0.15) is 5.69 Å². The highest BCUT2D eigenvalue weighted by atomic mass is 16.6. The molecular weight excluding hydrogens is 280 g/mol. The van der Waals surface area contributed by atoms with Crippen LogP contribution in [0.2, 0.25) is 0 Å². The number of carboxylic acids is 1. The summed E-state index contributed by atoms with van der Waals surface area (Å²) in [6, 6.07) is 3.68. The molecule has 0 bridgehead atoms. The molecule has 9 heteroatoms. The highest BCUT2D eigenvalue weighted by molar-refractivity contribution is 5.89. The van der Waals surface area contributed by atoms with Crippen LogP contribution < -0.4 is 5.32 Å². The van der Waals surface area contributed by atoms with Crippen LogP contribution in [0, 0.1) is 17.0 Å². The van der Waals surface area contributed by atoms with Gasteiger partial charge in [0.25, 0.3) is 5.69 Å². The molecule has 0 amide bonds. The molecular formula is C12H12N4O5. The molecule has 110 valence electrons. The van der Waals surface area contributed by atoms with Crippen molar-refractivity contribution in [3.63, 3.8) is 0 Å². The summed E-state index contributed by atoms with van der Waals surface area (Å²) in [5.41, 5.74) is -0.189. The van der Waals surface area contributed by atoms with E-state index in [4.69, 9.17) is 9.63 Å². The lowest BCUT2D eigenvalue weighted by atomic mass is 10.1. The van der Waals surface area contributed by atoms with Crippen molar-refractivity contribution in [2.75, 3.05) is 11.9 Å². The average molecular weight is 292 g/mol. The Balaban J connectivity index is 2.08. The molecule has 0 aliphatic rings. The molecule has 1 heterocycles. The SMILES string of the molecule is Cc1nc(CCNc2ccc(C(=O)O)cc2[N+](=O)[O-])no1. The minimum absolute atomic E-state index is 0.138. The van der Waals surface area contributed by atoms with Gasteiger partial charge in [0, 0.05) is 26.0 Å². The number of aromatic nitrogens is 2. The Morgan fingerprint density at radius 1 is 1.52 bits per heavy atom. The number of aromatic carboxylic acids is 1. The highest BCUT2D eigenvalue weighted by Gasteiger charge is 2.17. The number of benzene rings is 1. The van der Waals surface area contributed by atoms with E-state index in [0.717, 1.165) is 6.07 Å². The highest BCUT2D eigenvalue weighted by Crippen LogP contribution is 2.25. The number of hydrogen-bond acceptors (Lipinski definition) is 7. The molecule has 1 aromatic carbocycles. The van der Waals surface area contributed by atoms with Crippen molar-refractivity contribution in [1.29, 1.82) is 0 Å². The fraction of sp³-hybridized carbons (Fsp3) is 0.250. The van der Waals surface area contributed by atoms with E-state index in [1.807, 2.05) is 0 Å². The Kier molecular flexibility index (Phi) is 4.12. The molecule has 9 nitrogen and oxygen atoms in total. The summed E-state index contributed by atoms with van der Waals surface area (Å²) in [6.07, 6.45) is 0.426. The molecule has 0 fully saturated rings. The standard InChI is InChI=1S/C12H12N4O5/c1-7-14-11(15-21-7)4-5-13-9-3-2-8(12(17)18)6-10(9)16(19)20/h2-3,6,13H,4-5H2,1H3,(H,17,18). The predicted molar refractivity (Wildman–Crippen MR) is 71.3 cm³/mol. The maximum atomic E-state index is 11.0. The number of nitrogens with one attached hydrogen (secondary N) is 1. The van der Waals surface area contributed by atoms with Crippen LogP contribution in [0.3, 0.4) is 0 Å². The first kappa shape index (κ1) is 14.4. The molecule has 0 unspecified atom stereocenters. The molecule has 0 spiro atoms. The van der Waals surface area contributed by atoms with Crippen LogP contribution in [0.1, 0.15) is 22.1 Å². The number of hydrogen-bond donors (Lipinski definition) is 2. The monoisotopic (exact) mass is 292 g/mol. The van der Waals surface area contributed by atoms with Gasteiger partial charge in [-0.25, -0.2) is 4.79 Å². The van der Waals surface area contributed by atoms with Gasteiger partial charge in [0.2, 0.25) is 5.89 Å². The Morgan fingerprint density at radius 3 is 2.86 bits per heavy atom. The third-order valence-corrected chi connectivity index (χ3v) is 2.68. The van der Waals surface area contributed by atoms with Gasteiger partial charge < -0.3 is 14.9 Å². The summed E-state index contributed by atoms with van der Waals surface area (Å²) in [5, 5.41) is 26.4. The number of anilines is 1. The van der Waals surface area contributed by atoms with Gasteiger partial charge in [-0.05, 0) is 12.1 Å². The van der Waals surface area contributed by atoms with Gasteiger partial charge in [-0.1, -0.05) is 5.16 Å². The average Bonchev–Trinajstić information content (AvgIpc) is 2.84. The second-order valence-electron chi connectivity index (χ2n) is 4.20. The summed E-state index contributed by atoms with van der Waals surface area (Å²) in [5.74, 6) is -0.279. The van der Waals surface area contributed by atoms with E-state index in [9.17, 15) is 14.9 Å². The molecule has 1 aromatic heterocycles. The van der Waals surface area contributed by atoms with Gasteiger partial charge in [-0.3, -0.25) is 10.1 Å². The van der Waals surface area contributed by atoms with Crippen molar-refractivity contribution in [1.82, 2.24) is 10.1 Å². The van der Waals surface area contributed by atoms with Gasteiger partial charge in [-0.15, -0.1) is 0 Å². The summed E-state index contributed by atoms with van der Waals surface area (Å²) in [7, 11) is 0. The largest absolute Gasteiger partial charge is 0.478 e. The molecule has 2 rings (SSSR count). The van der Waals surface area contributed by atoms with Crippen LogP contribution in [0.4, 0.5) is 11.4 Å². The maximum Gasteiger partial charge on any atom is 0.335 e. The molecule has 0 radical (unpaired) electrons. The first-order chi connectivity index (χ1) is 9.97. The Labute approximate surface area is 118 Å². The van der Waals surface area contributed by atoms with Crippen LogP contribution in [0.5, 0.6) is 0 Å². The van der Waals surface area contributed by atoms with E-state index in [1.165, 1.54) is 12.1 Å². The number of carbonyl (C=O) groups is 1. The van der Waals surface area contributed by atoms with Crippen molar-refractivity contribution in [2.45, 2.75) is 13.3 Å². The van der Waals surface area contributed by atoms with E-state index in [2.05, 4.69) is 15.5 Å². The molecule has 2 aromatic rings. The number of nitro benzene ring substituents is 1. The van der Waals surface area contributed by atoms with Gasteiger partial charge in [0.15, 0.2) is 5.82 Å². The lowest BCUT2D eigenvalue weighted by Crippen LogP contribution is -2.08. The van der Waals surface area contributed by atoms with E-state index >= 15 is 0 Å². The minimum Gasteiger partial charge on any atom is -0.478 e. The Bertz CT molecular complexity index is 682. The molecule has 0 saturated heterocycles. The van der Waals surface area contributed by atoms with E-state index in [1.54, 1.807) is 6.92 Å². The molecule has 0 saturated carbocycles. The second-order valence-corrected chi connectivity index (χ2v) is 4.20. The van der Waals surface area contributed by atoms with Crippen molar-refractivity contribution in [3.8, 4) is 0 Å². The normalized spacial score (nSPS) is 10.3. The summed E-state index contributed by atoms with van der Waals surface area (Å²) in [4.78, 5) is 25.2. The molecule has 2 N–H and O–H groups in total. The number of nitro groups is 1. The molecule has 0 atom stereocenters. The van der Waals surface area contributed by atoms with Crippen molar-refractivity contribution >= 4 is 17.3 Å². The first-order valence-electron chi connectivity index (χ1n) is 6.02. The van der Waals surface area contributed by atoms with Crippen molar-refractivity contribution in [2.24, 2.45) is 0 Å². The number of rotatable bonds is 6. The lowest BCUT2D eigenvalue weighted by molar-refractivity contribution is -0.384.